The first-order valence-corrected chi connectivity index (χ1v) is 10.4. The summed E-state index contributed by atoms with van der Waals surface area (Å²) in [7, 11) is 0. The van der Waals surface area contributed by atoms with Crippen LogP contribution in [0, 0.1) is 16.7 Å². The van der Waals surface area contributed by atoms with Crippen LogP contribution in [0.2, 0.25) is 0 Å². The molecular formula is C26H20N2O4. The number of nitriles is 1. The van der Waals surface area contributed by atoms with Crippen LogP contribution in [0.25, 0.3) is 0 Å². The molecule has 1 unspecified atom stereocenters. The normalized spacial score (nSPS) is 21.4. The SMILES string of the molecule is CC1(C)CC(=O)C2=C(C1)NC1=C(C(=O)c3ccc(O)cc3C1=O)C2c1ccc(C#N)cc1. The summed E-state index contributed by atoms with van der Waals surface area (Å²) in [6.07, 6.45) is 0.904. The van der Waals surface area contributed by atoms with E-state index < -0.39 is 5.92 Å². The van der Waals surface area contributed by atoms with Crippen molar-refractivity contribution < 1.29 is 19.5 Å². The Morgan fingerprint density at radius 3 is 2.38 bits per heavy atom. The molecule has 0 amide bonds. The molecule has 0 saturated heterocycles. The molecule has 0 fully saturated rings. The molecule has 6 nitrogen and oxygen atoms in total. The molecule has 0 spiro atoms. The summed E-state index contributed by atoms with van der Waals surface area (Å²) in [4.78, 5) is 40.3. The van der Waals surface area contributed by atoms with E-state index in [0.717, 1.165) is 0 Å². The Labute approximate surface area is 184 Å². The Balaban J connectivity index is 1.75. The number of Topliss-reactive ketones (excluding diaryl/α,β-unsaturated/α-hetero) is 3. The second-order valence-electron chi connectivity index (χ2n) is 9.30. The van der Waals surface area contributed by atoms with Gasteiger partial charge in [0, 0.05) is 40.3 Å². The quantitative estimate of drug-likeness (QED) is 0.718. The predicted molar refractivity (Wildman–Crippen MR) is 116 cm³/mol. The standard InChI is InChI=1S/C26H20N2O4/c1-26(2)10-18-21(19(30)11-26)20(14-5-3-13(12-27)4-6-14)22-23(28-18)25(32)17-9-15(29)7-8-16(17)24(22)31/h3-9,20,28-29H,10-11H2,1-2H3. The van der Waals surface area contributed by atoms with Gasteiger partial charge >= 0.3 is 0 Å². The predicted octanol–water partition coefficient (Wildman–Crippen LogP) is 3.93. The van der Waals surface area contributed by atoms with Crippen LogP contribution in [0.5, 0.6) is 5.75 Å². The maximum absolute atomic E-state index is 13.6. The van der Waals surface area contributed by atoms with E-state index in [0.29, 0.717) is 35.2 Å². The van der Waals surface area contributed by atoms with Gasteiger partial charge in [0.25, 0.3) is 0 Å². The summed E-state index contributed by atoms with van der Waals surface area (Å²) in [5.74, 6) is -1.58. The van der Waals surface area contributed by atoms with Crippen LogP contribution in [-0.4, -0.2) is 22.5 Å². The highest BCUT2D eigenvalue weighted by Gasteiger charge is 2.47. The van der Waals surface area contributed by atoms with E-state index in [2.05, 4.69) is 11.4 Å². The van der Waals surface area contributed by atoms with Crippen molar-refractivity contribution in [1.82, 2.24) is 5.32 Å². The molecule has 5 rings (SSSR count). The van der Waals surface area contributed by atoms with Crippen molar-refractivity contribution >= 4 is 17.3 Å². The minimum absolute atomic E-state index is 0.0542. The number of aromatic hydroxyl groups is 1. The Morgan fingerprint density at radius 1 is 0.969 bits per heavy atom. The number of dihydropyridines is 1. The average molecular weight is 424 g/mol. The summed E-state index contributed by atoms with van der Waals surface area (Å²) in [6.45, 7) is 4.00. The van der Waals surface area contributed by atoms with Crippen molar-refractivity contribution in [2.24, 2.45) is 5.41 Å². The lowest BCUT2D eigenvalue weighted by Crippen LogP contribution is -2.42. The number of rotatable bonds is 1. The molecule has 1 heterocycles. The summed E-state index contributed by atoms with van der Waals surface area (Å²) >= 11 is 0. The van der Waals surface area contributed by atoms with Crippen molar-refractivity contribution in [1.29, 1.82) is 5.26 Å². The van der Waals surface area contributed by atoms with Crippen molar-refractivity contribution in [3.63, 3.8) is 0 Å². The fraction of sp³-hybridized carbons (Fsp3) is 0.231. The van der Waals surface area contributed by atoms with Crippen LogP contribution < -0.4 is 5.32 Å². The van der Waals surface area contributed by atoms with Crippen molar-refractivity contribution in [2.75, 3.05) is 0 Å². The topological polar surface area (TPSA) is 107 Å². The number of carbonyl (C=O) groups is 3. The van der Waals surface area contributed by atoms with Crippen LogP contribution in [0.4, 0.5) is 0 Å². The van der Waals surface area contributed by atoms with Gasteiger partial charge < -0.3 is 10.4 Å². The summed E-state index contributed by atoms with van der Waals surface area (Å²) in [5, 5.41) is 22.2. The lowest BCUT2D eigenvalue weighted by molar-refractivity contribution is -0.118. The van der Waals surface area contributed by atoms with Gasteiger partial charge in [-0.1, -0.05) is 26.0 Å². The Kier molecular flexibility index (Phi) is 4.22. The van der Waals surface area contributed by atoms with Gasteiger partial charge in [-0.05, 0) is 47.7 Å². The second kappa shape index (κ2) is 6.76. The number of carbonyl (C=O) groups excluding carboxylic acids is 3. The lowest BCUT2D eigenvalue weighted by Gasteiger charge is -2.41. The fourth-order valence-electron chi connectivity index (χ4n) is 4.99. The van der Waals surface area contributed by atoms with E-state index in [4.69, 9.17) is 5.26 Å². The number of nitrogens with zero attached hydrogens (tertiary/aromatic N) is 1. The Morgan fingerprint density at radius 2 is 1.69 bits per heavy atom. The van der Waals surface area contributed by atoms with E-state index in [1.165, 1.54) is 18.2 Å². The summed E-state index contributed by atoms with van der Waals surface area (Å²) in [6, 6.07) is 13.0. The number of nitrogens with one attached hydrogen (secondary N) is 1. The molecule has 0 saturated carbocycles. The van der Waals surface area contributed by atoms with Gasteiger partial charge in [0.15, 0.2) is 11.6 Å². The molecule has 0 aromatic heterocycles. The molecule has 0 radical (unpaired) electrons. The minimum atomic E-state index is -0.698. The molecule has 1 atom stereocenters. The average Bonchev–Trinajstić information content (AvgIpc) is 2.75. The van der Waals surface area contributed by atoms with Gasteiger partial charge in [0.05, 0.1) is 17.3 Å². The number of phenolic OH excluding ortho intramolecular Hbond substituents is 1. The zero-order chi connectivity index (χ0) is 22.8. The maximum atomic E-state index is 13.6. The second-order valence-corrected chi connectivity index (χ2v) is 9.30. The van der Waals surface area contributed by atoms with Crippen LogP contribution in [0.15, 0.2) is 65.0 Å². The first kappa shape index (κ1) is 20.0. The van der Waals surface area contributed by atoms with Crippen LogP contribution >= 0.6 is 0 Å². The molecular weight excluding hydrogens is 404 g/mol. The molecule has 0 bridgehead atoms. The highest BCUT2D eigenvalue weighted by Crippen LogP contribution is 2.49. The molecule has 32 heavy (non-hydrogen) atoms. The van der Waals surface area contributed by atoms with Crippen molar-refractivity contribution in [3.05, 3.63) is 87.3 Å². The summed E-state index contributed by atoms with van der Waals surface area (Å²) in [5.41, 5.74) is 2.78. The largest absolute Gasteiger partial charge is 0.508 e. The van der Waals surface area contributed by atoms with Gasteiger partial charge in [-0.2, -0.15) is 5.26 Å². The first-order valence-electron chi connectivity index (χ1n) is 10.4. The van der Waals surface area contributed by atoms with E-state index in [1.54, 1.807) is 24.3 Å². The smallest absolute Gasteiger partial charge is 0.210 e. The van der Waals surface area contributed by atoms with Gasteiger partial charge in [0.1, 0.15) is 5.75 Å². The van der Waals surface area contributed by atoms with Crippen molar-refractivity contribution in [2.45, 2.75) is 32.6 Å². The van der Waals surface area contributed by atoms with Gasteiger partial charge in [-0.15, -0.1) is 0 Å². The third-order valence-corrected chi connectivity index (χ3v) is 6.38. The van der Waals surface area contributed by atoms with Gasteiger partial charge in [-0.3, -0.25) is 14.4 Å². The van der Waals surface area contributed by atoms with E-state index in [-0.39, 0.29) is 50.9 Å². The molecule has 158 valence electrons. The molecule has 2 N–H and O–H groups in total. The zero-order valence-corrected chi connectivity index (χ0v) is 17.7. The molecule has 3 aliphatic rings. The fourth-order valence-corrected chi connectivity index (χ4v) is 4.99. The number of hydrogen-bond acceptors (Lipinski definition) is 6. The zero-order valence-electron chi connectivity index (χ0n) is 17.7. The molecule has 6 heteroatoms. The van der Waals surface area contributed by atoms with Crippen LogP contribution in [0.3, 0.4) is 0 Å². The molecule has 2 aromatic rings. The highest BCUT2D eigenvalue weighted by molar-refractivity contribution is 6.28. The first-order chi connectivity index (χ1) is 15.2. The van der Waals surface area contributed by atoms with Gasteiger partial charge in [-0.25, -0.2) is 0 Å². The number of benzene rings is 2. The molecule has 2 aliphatic carbocycles. The Bertz CT molecular complexity index is 1340. The minimum Gasteiger partial charge on any atom is -0.508 e. The lowest BCUT2D eigenvalue weighted by atomic mass is 9.66. The number of allylic oxidation sites excluding steroid dienone is 4. The van der Waals surface area contributed by atoms with Crippen LogP contribution in [-0.2, 0) is 4.79 Å². The number of fused-ring (bicyclic) bond motifs is 1. The van der Waals surface area contributed by atoms with Crippen LogP contribution in [0.1, 0.15) is 64.4 Å². The molecule has 2 aromatic carbocycles. The van der Waals surface area contributed by atoms with Gasteiger partial charge in [0.2, 0.25) is 5.78 Å². The van der Waals surface area contributed by atoms with Crippen molar-refractivity contribution in [3.8, 4) is 11.8 Å². The van der Waals surface area contributed by atoms with E-state index >= 15 is 0 Å². The maximum Gasteiger partial charge on any atom is 0.210 e. The third-order valence-electron chi connectivity index (χ3n) is 6.38. The monoisotopic (exact) mass is 424 g/mol. The highest BCUT2D eigenvalue weighted by atomic mass is 16.3. The third kappa shape index (κ3) is 2.89. The Hall–Kier alpha value is -3.98. The molecule has 1 aliphatic heterocycles. The van der Waals surface area contributed by atoms with E-state index in [1.807, 2.05) is 13.8 Å². The number of ketones is 3. The number of phenols is 1. The van der Waals surface area contributed by atoms with E-state index in [9.17, 15) is 19.5 Å². The number of hydrogen-bond donors (Lipinski definition) is 2. The summed E-state index contributed by atoms with van der Waals surface area (Å²) < 4.78 is 0.